The van der Waals surface area contributed by atoms with Gasteiger partial charge in [-0.25, -0.2) is 0 Å². The van der Waals surface area contributed by atoms with Crippen LogP contribution in [-0.4, -0.2) is 23.8 Å². The van der Waals surface area contributed by atoms with Crippen molar-refractivity contribution in [2.75, 3.05) is 6.54 Å². The number of rotatable bonds is 2. The number of hydrogen-bond donors (Lipinski definition) is 0. The summed E-state index contributed by atoms with van der Waals surface area (Å²) in [6.07, 6.45) is 2.67. The van der Waals surface area contributed by atoms with Gasteiger partial charge in [-0.15, -0.1) is 0 Å². The molecule has 20 heavy (non-hydrogen) atoms. The van der Waals surface area contributed by atoms with Gasteiger partial charge in [0.05, 0.1) is 6.04 Å². The van der Waals surface area contributed by atoms with Crippen LogP contribution in [0.2, 0.25) is 0 Å². The van der Waals surface area contributed by atoms with Gasteiger partial charge in [0.1, 0.15) is 0 Å². The van der Waals surface area contributed by atoms with Gasteiger partial charge in [-0.05, 0) is 18.4 Å². The van der Waals surface area contributed by atoms with Crippen LogP contribution in [0.25, 0.3) is 0 Å². The molecule has 2 nitrogen and oxygen atoms in total. The van der Waals surface area contributed by atoms with E-state index in [0.29, 0.717) is 6.54 Å². The first kappa shape index (κ1) is 13.5. The first-order valence-electron chi connectivity index (χ1n) is 7.28. The Morgan fingerprint density at radius 2 is 1.80 bits per heavy atom. The Labute approximate surface area is 117 Å². The second-order valence-corrected chi connectivity index (χ2v) is 6.00. The summed E-state index contributed by atoms with van der Waals surface area (Å²) < 4.78 is 25.5. The van der Waals surface area contributed by atoms with Crippen molar-refractivity contribution in [3.8, 4) is 0 Å². The molecule has 1 aliphatic carbocycles. The second-order valence-electron chi connectivity index (χ2n) is 6.00. The molecule has 1 heterocycles. The van der Waals surface area contributed by atoms with Crippen LogP contribution in [0.4, 0.5) is 8.78 Å². The van der Waals surface area contributed by atoms with Crippen LogP contribution in [0.5, 0.6) is 0 Å². The minimum Gasteiger partial charge on any atom is -0.329 e. The Morgan fingerprint density at radius 1 is 1.15 bits per heavy atom. The third-order valence-corrected chi connectivity index (χ3v) is 4.81. The summed E-state index contributed by atoms with van der Waals surface area (Å²) in [4.78, 5) is 13.1. The number of alkyl halides is 2. The largest absolute Gasteiger partial charge is 0.329 e. The van der Waals surface area contributed by atoms with Gasteiger partial charge in [-0.3, -0.25) is 4.79 Å². The summed E-state index contributed by atoms with van der Waals surface area (Å²) in [7, 11) is 0. The van der Waals surface area contributed by atoms with E-state index >= 15 is 0 Å². The topological polar surface area (TPSA) is 20.3 Å². The summed E-state index contributed by atoms with van der Waals surface area (Å²) in [5, 5.41) is 0. The summed E-state index contributed by atoms with van der Waals surface area (Å²) in [5.41, 5.74) is 1.03. The van der Waals surface area contributed by atoms with Crippen molar-refractivity contribution < 1.29 is 13.6 Å². The lowest BCUT2D eigenvalue weighted by Crippen LogP contribution is -2.62. The average Bonchev–Trinajstić information content (AvgIpc) is 2.46. The zero-order chi connectivity index (χ0) is 14.2. The van der Waals surface area contributed by atoms with E-state index in [1.54, 1.807) is 0 Å². The Kier molecular flexibility index (Phi) is 3.48. The molecule has 0 aromatic heterocycles. The lowest BCUT2D eigenvalue weighted by Gasteiger charge is -2.59. The van der Waals surface area contributed by atoms with Gasteiger partial charge in [0.15, 0.2) is 0 Å². The molecule has 108 valence electrons. The maximum atomic E-state index is 12.8. The number of hydrogen-bond acceptors (Lipinski definition) is 1. The summed E-state index contributed by atoms with van der Waals surface area (Å²) in [6, 6.07) is 9.47. The molecule has 2 fully saturated rings. The van der Waals surface area contributed by atoms with Gasteiger partial charge in [-0.2, -0.15) is 8.78 Å². The van der Waals surface area contributed by atoms with E-state index in [2.05, 4.69) is 0 Å². The van der Waals surface area contributed by atoms with Crippen molar-refractivity contribution in [2.45, 2.75) is 44.6 Å². The molecule has 3 rings (SSSR count). The Morgan fingerprint density at radius 3 is 2.40 bits per heavy atom. The SMILES string of the molecule is O=C(C(F)F)N1CC2(CCCCC2)[C@H]1c1ccccc1. The molecule has 4 heteroatoms. The van der Waals surface area contributed by atoms with E-state index in [9.17, 15) is 13.6 Å². The summed E-state index contributed by atoms with van der Waals surface area (Å²) >= 11 is 0. The molecule has 1 aromatic rings. The molecule has 1 aliphatic heterocycles. The van der Waals surface area contributed by atoms with Gasteiger partial charge in [0.25, 0.3) is 5.91 Å². The number of halogens is 2. The van der Waals surface area contributed by atoms with Gasteiger partial charge in [-0.1, -0.05) is 49.6 Å². The third-order valence-electron chi connectivity index (χ3n) is 4.81. The predicted octanol–water partition coefficient (Wildman–Crippen LogP) is 3.79. The fourth-order valence-electron chi connectivity index (χ4n) is 3.92. The molecule has 1 saturated heterocycles. The van der Waals surface area contributed by atoms with Crippen LogP contribution in [0.3, 0.4) is 0 Å². The normalized spacial score (nSPS) is 24.8. The van der Waals surface area contributed by atoms with E-state index in [4.69, 9.17) is 0 Å². The maximum absolute atomic E-state index is 12.8. The third kappa shape index (κ3) is 2.11. The van der Waals surface area contributed by atoms with Gasteiger partial charge >= 0.3 is 6.43 Å². The molecule has 1 atom stereocenters. The van der Waals surface area contributed by atoms with Crippen LogP contribution in [0.1, 0.15) is 43.7 Å². The zero-order valence-electron chi connectivity index (χ0n) is 11.4. The quantitative estimate of drug-likeness (QED) is 0.806. The lowest BCUT2D eigenvalue weighted by molar-refractivity contribution is -0.172. The number of likely N-dealkylation sites (tertiary alicyclic amines) is 1. The van der Waals surface area contributed by atoms with Gasteiger partial charge in [0.2, 0.25) is 0 Å². The molecular weight excluding hydrogens is 260 g/mol. The van der Waals surface area contributed by atoms with Gasteiger partial charge in [0, 0.05) is 12.0 Å². The van der Waals surface area contributed by atoms with Crippen LogP contribution < -0.4 is 0 Å². The Bertz CT molecular complexity index is 483. The fourth-order valence-corrected chi connectivity index (χ4v) is 3.92. The van der Waals surface area contributed by atoms with Crippen LogP contribution >= 0.6 is 0 Å². The van der Waals surface area contributed by atoms with Crippen molar-refractivity contribution in [1.82, 2.24) is 4.90 Å². The highest BCUT2D eigenvalue weighted by Crippen LogP contribution is 2.57. The number of amides is 1. The second kappa shape index (κ2) is 5.15. The smallest absolute Gasteiger partial charge is 0.315 e. The summed E-state index contributed by atoms with van der Waals surface area (Å²) in [6.45, 7) is 0.496. The van der Waals surface area contributed by atoms with Crippen molar-refractivity contribution in [3.05, 3.63) is 35.9 Å². The molecule has 1 aromatic carbocycles. The first-order valence-corrected chi connectivity index (χ1v) is 7.28. The number of carbonyl (C=O) groups is 1. The van der Waals surface area contributed by atoms with E-state index in [1.807, 2.05) is 30.3 Å². The zero-order valence-corrected chi connectivity index (χ0v) is 11.4. The maximum Gasteiger partial charge on any atom is 0.315 e. The predicted molar refractivity (Wildman–Crippen MR) is 72.4 cm³/mol. The van der Waals surface area contributed by atoms with E-state index in [1.165, 1.54) is 11.3 Å². The van der Waals surface area contributed by atoms with Crippen molar-refractivity contribution in [2.24, 2.45) is 5.41 Å². The fraction of sp³-hybridized carbons (Fsp3) is 0.562. The first-order chi connectivity index (χ1) is 9.64. The highest BCUT2D eigenvalue weighted by atomic mass is 19.3. The van der Waals surface area contributed by atoms with Crippen LogP contribution in [0, 0.1) is 5.41 Å². The number of carbonyl (C=O) groups excluding carboxylic acids is 1. The monoisotopic (exact) mass is 279 g/mol. The van der Waals surface area contributed by atoms with E-state index < -0.39 is 12.3 Å². The Hall–Kier alpha value is -1.45. The number of benzene rings is 1. The highest BCUT2D eigenvalue weighted by molar-refractivity contribution is 5.81. The summed E-state index contributed by atoms with van der Waals surface area (Å²) in [5.74, 6) is -1.02. The molecule has 0 radical (unpaired) electrons. The molecule has 0 unspecified atom stereocenters. The van der Waals surface area contributed by atoms with Gasteiger partial charge < -0.3 is 4.90 Å². The van der Waals surface area contributed by atoms with Crippen molar-refractivity contribution >= 4 is 5.91 Å². The van der Waals surface area contributed by atoms with Crippen LogP contribution in [-0.2, 0) is 4.79 Å². The van der Waals surface area contributed by atoms with Crippen LogP contribution in [0.15, 0.2) is 30.3 Å². The highest BCUT2D eigenvalue weighted by Gasteiger charge is 2.55. The van der Waals surface area contributed by atoms with E-state index in [0.717, 1.165) is 31.2 Å². The molecule has 1 saturated carbocycles. The lowest BCUT2D eigenvalue weighted by atomic mass is 9.61. The molecular formula is C16H19F2NO. The number of nitrogens with zero attached hydrogens (tertiary/aromatic N) is 1. The minimum atomic E-state index is -2.90. The molecule has 0 N–H and O–H groups in total. The molecule has 0 bridgehead atoms. The van der Waals surface area contributed by atoms with Crippen molar-refractivity contribution in [1.29, 1.82) is 0 Å². The standard InChI is InChI=1S/C16H19F2NO/c17-14(18)15(20)19-11-16(9-5-2-6-10-16)13(19)12-7-3-1-4-8-12/h1,3-4,7-8,13-14H,2,5-6,9-11H2/t13-/m1/s1. The molecule has 1 amide bonds. The van der Waals surface area contributed by atoms with Crippen molar-refractivity contribution in [3.63, 3.8) is 0 Å². The average molecular weight is 279 g/mol. The molecule has 2 aliphatic rings. The Balaban J connectivity index is 1.90. The molecule has 1 spiro atoms. The van der Waals surface area contributed by atoms with E-state index in [-0.39, 0.29) is 11.5 Å². The minimum absolute atomic E-state index is 0.0319.